The van der Waals surface area contributed by atoms with Crippen LogP contribution >= 0.6 is 34.5 Å². The van der Waals surface area contributed by atoms with Gasteiger partial charge in [-0.2, -0.15) is 0 Å². The first kappa shape index (κ1) is 17.2. The minimum absolute atomic E-state index is 0.114. The molecule has 3 aromatic rings. The largest absolute Gasteiger partial charge is 0.325 e. The molecule has 0 atom stereocenters. The van der Waals surface area contributed by atoms with Crippen LogP contribution in [0.5, 0.6) is 0 Å². The maximum Gasteiger partial charge on any atom is 0.238 e. The van der Waals surface area contributed by atoms with Gasteiger partial charge in [-0.15, -0.1) is 11.3 Å². The summed E-state index contributed by atoms with van der Waals surface area (Å²) in [6, 6.07) is 13.0. The van der Waals surface area contributed by atoms with Crippen LogP contribution < -0.4 is 5.32 Å². The third-order valence-electron chi connectivity index (χ3n) is 3.36. The van der Waals surface area contributed by atoms with Crippen molar-refractivity contribution >= 4 is 56.3 Å². The number of benzene rings is 2. The predicted molar refractivity (Wildman–Crippen MR) is 101 cm³/mol. The fraction of sp³-hybridized carbons (Fsp3) is 0.176. The first-order valence-electron chi connectivity index (χ1n) is 7.29. The van der Waals surface area contributed by atoms with E-state index in [1.165, 1.54) is 0 Å². The highest BCUT2D eigenvalue weighted by atomic mass is 35.5. The number of fused-ring (bicyclic) bond motifs is 1. The second-order valence-electron chi connectivity index (χ2n) is 5.42. The summed E-state index contributed by atoms with van der Waals surface area (Å²) in [5, 5.41) is 4.67. The van der Waals surface area contributed by atoms with Crippen molar-refractivity contribution in [2.45, 2.75) is 6.54 Å². The molecule has 0 aliphatic rings. The van der Waals surface area contributed by atoms with Crippen molar-refractivity contribution in [3.05, 3.63) is 57.5 Å². The number of rotatable bonds is 5. The Morgan fingerprint density at radius 2 is 2.00 bits per heavy atom. The minimum atomic E-state index is -0.114. The summed E-state index contributed by atoms with van der Waals surface area (Å²) in [5.41, 5.74) is 1.62. The maximum absolute atomic E-state index is 12.1. The van der Waals surface area contributed by atoms with Gasteiger partial charge in [0.1, 0.15) is 5.01 Å². The van der Waals surface area contributed by atoms with Crippen LogP contribution in [0, 0.1) is 0 Å². The van der Waals surface area contributed by atoms with E-state index in [1.54, 1.807) is 29.5 Å². The Morgan fingerprint density at radius 3 is 2.75 bits per heavy atom. The lowest BCUT2D eigenvalue weighted by Gasteiger charge is -2.14. The highest BCUT2D eigenvalue weighted by Gasteiger charge is 2.11. The molecule has 1 heterocycles. The molecule has 24 heavy (non-hydrogen) atoms. The average molecular weight is 380 g/mol. The summed E-state index contributed by atoms with van der Waals surface area (Å²) < 4.78 is 1.15. The average Bonchev–Trinajstić information content (AvgIpc) is 2.92. The Labute approximate surface area is 154 Å². The van der Waals surface area contributed by atoms with Crippen LogP contribution in [0.25, 0.3) is 10.2 Å². The third-order valence-corrected chi connectivity index (χ3v) is 5.12. The summed E-state index contributed by atoms with van der Waals surface area (Å²) in [4.78, 5) is 18.6. The number of likely N-dealkylation sites (N-methyl/N-ethyl adjacent to an activating group) is 1. The summed E-state index contributed by atoms with van der Waals surface area (Å²) in [5.74, 6) is -0.114. The van der Waals surface area contributed by atoms with Gasteiger partial charge in [0, 0.05) is 5.69 Å². The van der Waals surface area contributed by atoms with E-state index in [2.05, 4.69) is 10.3 Å². The summed E-state index contributed by atoms with van der Waals surface area (Å²) >= 11 is 13.5. The van der Waals surface area contributed by atoms with Crippen molar-refractivity contribution in [1.82, 2.24) is 9.88 Å². The normalized spacial score (nSPS) is 11.2. The lowest BCUT2D eigenvalue weighted by atomic mass is 10.3. The van der Waals surface area contributed by atoms with Crippen molar-refractivity contribution in [2.24, 2.45) is 0 Å². The molecule has 1 aromatic heterocycles. The number of halogens is 2. The van der Waals surface area contributed by atoms with E-state index in [0.717, 1.165) is 15.2 Å². The number of para-hydroxylation sites is 1. The summed E-state index contributed by atoms with van der Waals surface area (Å²) in [6.45, 7) is 0.879. The van der Waals surface area contributed by atoms with E-state index in [0.29, 0.717) is 22.3 Å². The fourth-order valence-electron chi connectivity index (χ4n) is 2.29. The summed E-state index contributed by atoms with van der Waals surface area (Å²) in [6.07, 6.45) is 0. The number of aromatic nitrogens is 1. The Kier molecular flexibility index (Phi) is 5.36. The fourth-order valence-corrected chi connectivity index (χ4v) is 3.64. The molecule has 0 radical (unpaired) electrons. The van der Waals surface area contributed by atoms with Crippen molar-refractivity contribution in [3.63, 3.8) is 0 Å². The Balaban J connectivity index is 1.58. The number of thiazole rings is 1. The molecule has 0 saturated carbocycles. The molecule has 0 unspecified atom stereocenters. The zero-order chi connectivity index (χ0) is 17.1. The Bertz CT molecular complexity index is 848. The quantitative estimate of drug-likeness (QED) is 0.700. The molecule has 0 saturated heterocycles. The molecular weight excluding hydrogens is 365 g/mol. The molecule has 124 valence electrons. The third kappa shape index (κ3) is 4.24. The standard InChI is InChI=1S/C17H15Cl2N3OS/c1-22(10-17-21-14-4-2-3-5-15(14)24-17)9-16(23)20-11-6-7-12(18)13(19)8-11/h2-8H,9-10H2,1H3,(H,20,23). The van der Waals surface area contributed by atoms with Gasteiger partial charge in [-0.3, -0.25) is 9.69 Å². The van der Waals surface area contributed by atoms with E-state index in [4.69, 9.17) is 23.2 Å². The molecule has 0 bridgehead atoms. The van der Waals surface area contributed by atoms with Crippen LogP contribution in [0.1, 0.15) is 5.01 Å². The molecule has 2 aromatic carbocycles. The van der Waals surface area contributed by atoms with Gasteiger partial charge >= 0.3 is 0 Å². The molecule has 0 aliphatic carbocycles. The van der Waals surface area contributed by atoms with Crippen LogP contribution in [-0.4, -0.2) is 29.4 Å². The first-order valence-corrected chi connectivity index (χ1v) is 8.86. The molecule has 1 amide bonds. The van der Waals surface area contributed by atoms with Crippen molar-refractivity contribution in [1.29, 1.82) is 0 Å². The van der Waals surface area contributed by atoms with Crippen molar-refractivity contribution in [2.75, 3.05) is 18.9 Å². The molecule has 3 rings (SSSR count). The number of anilines is 1. The van der Waals surface area contributed by atoms with Gasteiger partial charge in [-0.25, -0.2) is 4.98 Å². The molecule has 0 spiro atoms. The number of nitrogens with one attached hydrogen (secondary N) is 1. The lowest BCUT2D eigenvalue weighted by Crippen LogP contribution is -2.29. The topological polar surface area (TPSA) is 45.2 Å². The number of hydrogen-bond donors (Lipinski definition) is 1. The van der Waals surface area contributed by atoms with E-state index in [9.17, 15) is 4.79 Å². The molecular formula is C17H15Cl2N3OS. The van der Waals surface area contributed by atoms with Crippen LogP contribution in [0.2, 0.25) is 10.0 Å². The Hall–Kier alpha value is -1.66. The first-order chi connectivity index (χ1) is 11.5. The van der Waals surface area contributed by atoms with Gasteiger partial charge in [0.05, 0.1) is 33.4 Å². The molecule has 7 heteroatoms. The number of carbonyl (C=O) groups is 1. The Morgan fingerprint density at radius 1 is 1.21 bits per heavy atom. The lowest BCUT2D eigenvalue weighted by molar-refractivity contribution is -0.117. The molecule has 1 N–H and O–H groups in total. The molecule has 4 nitrogen and oxygen atoms in total. The zero-order valence-corrected chi connectivity index (χ0v) is 15.3. The maximum atomic E-state index is 12.1. The van der Waals surface area contributed by atoms with E-state index >= 15 is 0 Å². The second-order valence-corrected chi connectivity index (χ2v) is 7.35. The van der Waals surface area contributed by atoms with Gasteiger partial charge in [0.25, 0.3) is 0 Å². The SMILES string of the molecule is CN(CC(=O)Nc1ccc(Cl)c(Cl)c1)Cc1nc2ccccc2s1. The highest BCUT2D eigenvalue weighted by Crippen LogP contribution is 2.25. The predicted octanol–water partition coefficient (Wildman–Crippen LogP) is 4.67. The van der Waals surface area contributed by atoms with Crippen LogP contribution in [0.4, 0.5) is 5.69 Å². The van der Waals surface area contributed by atoms with E-state index in [1.807, 2.05) is 36.2 Å². The number of nitrogens with zero attached hydrogens (tertiary/aromatic N) is 2. The van der Waals surface area contributed by atoms with Gasteiger partial charge in [-0.1, -0.05) is 35.3 Å². The zero-order valence-electron chi connectivity index (χ0n) is 12.9. The van der Waals surface area contributed by atoms with Crippen LogP contribution in [0.15, 0.2) is 42.5 Å². The van der Waals surface area contributed by atoms with Gasteiger partial charge in [-0.05, 0) is 37.4 Å². The van der Waals surface area contributed by atoms with Crippen molar-refractivity contribution in [3.8, 4) is 0 Å². The van der Waals surface area contributed by atoms with E-state index < -0.39 is 0 Å². The molecule has 0 aliphatic heterocycles. The van der Waals surface area contributed by atoms with Crippen LogP contribution in [-0.2, 0) is 11.3 Å². The minimum Gasteiger partial charge on any atom is -0.325 e. The number of carbonyl (C=O) groups excluding carboxylic acids is 1. The second kappa shape index (κ2) is 7.49. The van der Waals surface area contributed by atoms with Gasteiger partial charge < -0.3 is 5.32 Å². The monoisotopic (exact) mass is 379 g/mol. The van der Waals surface area contributed by atoms with Gasteiger partial charge in [0.2, 0.25) is 5.91 Å². The number of amides is 1. The summed E-state index contributed by atoms with van der Waals surface area (Å²) in [7, 11) is 1.89. The van der Waals surface area contributed by atoms with Crippen molar-refractivity contribution < 1.29 is 4.79 Å². The van der Waals surface area contributed by atoms with Gasteiger partial charge in [0.15, 0.2) is 0 Å². The molecule has 0 fully saturated rings. The smallest absolute Gasteiger partial charge is 0.238 e. The van der Waals surface area contributed by atoms with E-state index in [-0.39, 0.29) is 12.5 Å². The van der Waals surface area contributed by atoms with Crippen LogP contribution in [0.3, 0.4) is 0 Å². The number of hydrogen-bond acceptors (Lipinski definition) is 4. The highest BCUT2D eigenvalue weighted by molar-refractivity contribution is 7.18.